The highest BCUT2D eigenvalue weighted by Gasteiger charge is 2.32. The van der Waals surface area contributed by atoms with E-state index in [4.69, 9.17) is 4.74 Å². The van der Waals surface area contributed by atoms with Crippen LogP contribution in [0.15, 0.2) is 70.6 Å². The quantitative estimate of drug-likeness (QED) is 0.596. The molecule has 166 valence electrons. The Morgan fingerprint density at radius 2 is 1.72 bits per heavy atom. The molecule has 1 unspecified atom stereocenters. The molecule has 3 aromatic carbocycles. The number of aliphatic imine (C=N–C) groups is 1. The van der Waals surface area contributed by atoms with E-state index in [-0.39, 0.29) is 34.2 Å². The smallest absolute Gasteiger partial charge is 0.266 e. The molecule has 0 bridgehead atoms. The summed E-state index contributed by atoms with van der Waals surface area (Å²) in [7, 11) is -2.48. The number of halogens is 2. The van der Waals surface area contributed by atoms with Gasteiger partial charge in [-0.15, -0.1) is 0 Å². The maximum absolute atomic E-state index is 14.9. The predicted octanol–water partition coefficient (Wildman–Crippen LogP) is 4.39. The molecular weight excluding hydrogens is 436 g/mol. The minimum atomic E-state index is -4.01. The molecule has 32 heavy (non-hydrogen) atoms. The number of fused-ring (bicyclic) bond motifs is 1. The fourth-order valence-corrected chi connectivity index (χ4v) is 4.88. The van der Waals surface area contributed by atoms with Crippen molar-refractivity contribution in [3.8, 4) is 5.75 Å². The van der Waals surface area contributed by atoms with Crippen LogP contribution in [0.2, 0.25) is 0 Å². The fraction of sp³-hybridized carbons (Fsp3) is 0.174. The Kier molecular flexibility index (Phi) is 5.84. The van der Waals surface area contributed by atoms with Crippen LogP contribution in [0.1, 0.15) is 29.5 Å². The van der Waals surface area contributed by atoms with Gasteiger partial charge in [-0.1, -0.05) is 43.3 Å². The summed E-state index contributed by atoms with van der Waals surface area (Å²) in [5, 5.41) is 2.90. The molecule has 0 aromatic heterocycles. The monoisotopic (exact) mass is 457 g/mol. The summed E-state index contributed by atoms with van der Waals surface area (Å²) in [6, 6.07) is 15.5. The summed E-state index contributed by atoms with van der Waals surface area (Å²) in [6.45, 7) is 1.75. The first kappa shape index (κ1) is 21.8. The van der Waals surface area contributed by atoms with Gasteiger partial charge < -0.3 is 10.1 Å². The number of guanidine groups is 1. The molecule has 3 aromatic rings. The number of benzene rings is 3. The molecule has 0 spiro atoms. The summed E-state index contributed by atoms with van der Waals surface area (Å²) in [6.07, 6.45) is 0. The minimum Gasteiger partial charge on any atom is -0.496 e. The van der Waals surface area contributed by atoms with Gasteiger partial charge in [0.2, 0.25) is 5.96 Å². The molecule has 1 aliphatic heterocycles. The third-order valence-corrected chi connectivity index (χ3v) is 6.70. The van der Waals surface area contributed by atoms with Crippen molar-refractivity contribution >= 4 is 21.7 Å². The molecule has 0 radical (unpaired) electrons. The summed E-state index contributed by atoms with van der Waals surface area (Å²) < 4.78 is 62.7. The molecule has 0 aliphatic carbocycles. The van der Waals surface area contributed by atoms with Gasteiger partial charge in [0.25, 0.3) is 10.0 Å². The first-order chi connectivity index (χ1) is 15.3. The molecule has 0 fully saturated rings. The van der Waals surface area contributed by atoms with Crippen LogP contribution in [0, 0.1) is 11.6 Å². The lowest BCUT2D eigenvalue weighted by Crippen LogP contribution is -2.41. The Morgan fingerprint density at radius 1 is 1.00 bits per heavy atom. The first-order valence-corrected chi connectivity index (χ1v) is 11.3. The standard InChI is InChI=1S/C23H21F2N3O3S/c1-14(16-8-4-5-9-17(16)24)21-18(25)11-12-20-22(21)27-23(28-32(20,29)30)26-13-15-7-3-6-10-19(15)31-2/h3-12,14H,13H2,1-2H3,(H2,26,27,28). The maximum atomic E-state index is 14.9. The van der Waals surface area contributed by atoms with Gasteiger partial charge in [0, 0.05) is 17.0 Å². The number of sulfonamides is 1. The number of methoxy groups -OCH3 is 1. The van der Waals surface area contributed by atoms with Crippen molar-refractivity contribution in [2.24, 2.45) is 4.99 Å². The molecule has 6 nitrogen and oxygen atoms in total. The van der Waals surface area contributed by atoms with Crippen LogP contribution in [0.5, 0.6) is 5.75 Å². The van der Waals surface area contributed by atoms with Gasteiger partial charge in [0.05, 0.1) is 19.3 Å². The van der Waals surface area contributed by atoms with Crippen LogP contribution in [0.3, 0.4) is 0 Å². The lowest BCUT2D eigenvalue weighted by molar-refractivity contribution is 0.410. The van der Waals surface area contributed by atoms with Crippen molar-refractivity contribution < 1.29 is 21.9 Å². The second-order valence-electron chi connectivity index (χ2n) is 7.28. The van der Waals surface area contributed by atoms with Crippen molar-refractivity contribution in [1.82, 2.24) is 4.72 Å². The van der Waals surface area contributed by atoms with Gasteiger partial charge in [-0.05, 0) is 29.8 Å². The highest BCUT2D eigenvalue weighted by molar-refractivity contribution is 7.90. The van der Waals surface area contributed by atoms with Crippen molar-refractivity contribution in [3.63, 3.8) is 0 Å². The number of nitrogens with zero attached hydrogens (tertiary/aromatic N) is 1. The van der Waals surface area contributed by atoms with Crippen LogP contribution in [-0.2, 0) is 16.6 Å². The SMILES string of the molecule is COc1ccccc1CN=C1Nc2c(ccc(F)c2C(C)c2ccccc2F)S(=O)(=O)N1. The van der Waals surface area contributed by atoms with Gasteiger partial charge in [-0.2, -0.15) is 0 Å². The average Bonchev–Trinajstić information content (AvgIpc) is 2.77. The number of para-hydroxylation sites is 1. The summed E-state index contributed by atoms with van der Waals surface area (Å²) in [5.74, 6) is -1.35. The third-order valence-electron chi connectivity index (χ3n) is 5.32. The Bertz CT molecular complexity index is 1310. The normalized spacial score (nSPS) is 16.6. The molecular formula is C23H21F2N3O3S. The van der Waals surface area contributed by atoms with E-state index in [0.717, 1.165) is 11.6 Å². The highest BCUT2D eigenvalue weighted by atomic mass is 32.2. The molecule has 4 rings (SSSR count). The van der Waals surface area contributed by atoms with Gasteiger partial charge in [-0.25, -0.2) is 26.9 Å². The lowest BCUT2D eigenvalue weighted by Gasteiger charge is -2.26. The van der Waals surface area contributed by atoms with Crippen LogP contribution in [0.25, 0.3) is 0 Å². The first-order valence-electron chi connectivity index (χ1n) is 9.85. The van der Waals surface area contributed by atoms with Crippen molar-refractivity contribution in [1.29, 1.82) is 0 Å². The maximum Gasteiger partial charge on any atom is 0.266 e. The molecule has 0 saturated heterocycles. The zero-order valence-electron chi connectivity index (χ0n) is 17.4. The predicted molar refractivity (Wildman–Crippen MR) is 118 cm³/mol. The van der Waals surface area contributed by atoms with E-state index in [9.17, 15) is 17.2 Å². The number of rotatable bonds is 5. The van der Waals surface area contributed by atoms with Gasteiger partial charge in [0.1, 0.15) is 22.3 Å². The molecule has 0 saturated carbocycles. The average molecular weight is 458 g/mol. The fourth-order valence-electron chi connectivity index (χ4n) is 3.73. The van der Waals surface area contributed by atoms with Crippen LogP contribution < -0.4 is 14.8 Å². The van der Waals surface area contributed by atoms with E-state index in [1.165, 1.54) is 25.3 Å². The Hall–Kier alpha value is -3.46. The van der Waals surface area contributed by atoms with E-state index < -0.39 is 27.6 Å². The lowest BCUT2D eigenvalue weighted by atomic mass is 9.91. The van der Waals surface area contributed by atoms with E-state index in [1.54, 1.807) is 31.2 Å². The number of hydrogen-bond acceptors (Lipinski definition) is 4. The second kappa shape index (κ2) is 8.58. The van der Waals surface area contributed by atoms with Gasteiger partial charge in [0.15, 0.2) is 0 Å². The van der Waals surface area contributed by atoms with E-state index in [1.807, 2.05) is 12.1 Å². The number of ether oxygens (including phenoxy) is 1. The summed E-state index contributed by atoms with van der Waals surface area (Å²) >= 11 is 0. The van der Waals surface area contributed by atoms with Crippen LogP contribution >= 0.6 is 0 Å². The van der Waals surface area contributed by atoms with E-state index in [0.29, 0.717) is 5.75 Å². The van der Waals surface area contributed by atoms with E-state index in [2.05, 4.69) is 15.0 Å². The molecule has 1 atom stereocenters. The molecule has 0 amide bonds. The third kappa shape index (κ3) is 4.03. The Labute approximate surface area is 185 Å². The number of anilines is 1. The van der Waals surface area contributed by atoms with Gasteiger partial charge >= 0.3 is 0 Å². The van der Waals surface area contributed by atoms with E-state index >= 15 is 0 Å². The zero-order valence-corrected chi connectivity index (χ0v) is 18.2. The van der Waals surface area contributed by atoms with Crippen molar-refractivity contribution in [3.05, 3.63) is 89.0 Å². The summed E-state index contributed by atoms with van der Waals surface area (Å²) in [4.78, 5) is 4.18. The topological polar surface area (TPSA) is 79.8 Å². The molecule has 1 aliphatic rings. The largest absolute Gasteiger partial charge is 0.496 e. The molecule has 9 heteroatoms. The van der Waals surface area contributed by atoms with Gasteiger partial charge in [-0.3, -0.25) is 0 Å². The molecule has 1 heterocycles. The Balaban J connectivity index is 1.77. The van der Waals surface area contributed by atoms with Crippen LogP contribution in [0.4, 0.5) is 14.5 Å². The number of nitrogens with one attached hydrogen (secondary N) is 2. The zero-order chi connectivity index (χ0) is 22.9. The minimum absolute atomic E-state index is 0.0401. The summed E-state index contributed by atoms with van der Waals surface area (Å²) in [5.41, 5.74) is 1.08. The Morgan fingerprint density at radius 3 is 2.47 bits per heavy atom. The second-order valence-corrected chi connectivity index (χ2v) is 8.94. The van der Waals surface area contributed by atoms with Crippen molar-refractivity contribution in [2.45, 2.75) is 24.3 Å². The van der Waals surface area contributed by atoms with Crippen LogP contribution in [-0.4, -0.2) is 21.5 Å². The number of hydrogen-bond donors (Lipinski definition) is 2. The van der Waals surface area contributed by atoms with Crippen molar-refractivity contribution in [2.75, 3.05) is 12.4 Å². The molecule has 2 N–H and O–H groups in total. The highest BCUT2D eigenvalue weighted by Crippen LogP contribution is 2.38.